The van der Waals surface area contributed by atoms with Crippen molar-refractivity contribution in [2.75, 3.05) is 6.54 Å². The number of alkyl halides is 3. The van der Waals surface area contributed by atoms with Crippen molar-refractivity contribution in [3.8, 4) is 0 Å². The molecule has 0 atom stereocenters. The summed E-state index contributed by atoms with van der Waals surface area (Å²) in [7, 11) is 0. The smallest absolute Gasteiger partial charge is 0.337 e. The van der Waals surface area contributed by atoms with E-state index in [0.717, 1.165) is 15.0 Å². The maximum Gasteiger partial charge on any atom is 0.431 e. The van der Waals surface area contributed by atoms with Crippen molar-refractivity contribution in [1.82, 2.24) is 9.47 Å². The summed E-state index contributed by atoms with van der Waals surface area (Å²) in [6, 6.07) is 11.9. The molecule has 0 spiro atoms. The highest BCUT2D eigenvalue weighted by molar-refractivity contribution is 6.21. The maximum absolute atomic E-state index is 13.6. The lowest BCUT2D eigenvalue weighted by Crippen LogP contribution is -2.31. The first-order valence-corrected chi connectivity index (χ1v) is 9.85. The number of unbranched alkanes of at least 4 members (excludes halogenated alkanes) is 1. The molecule has 4 rings (SSSR count). The molecule has 0 N–H and O–H groups in total. The van der Waals surface area contributed by atoms with E-state index in [4.69, 9.17) is 0 Å². The van der Waals surface area contributed by atoms with Gasteiger partial charge in [0.1, 0.15) is 5.69 Å². The molecule has 0 saturated heterocycles. The average molecular weight is 428 g/mol. The fourth-order valence-corrected chi connectivity index (χ4v) is 3.95. The number of nitrogens with zero attached hydrogens (tertiary/aromatic N) is 2. The Kier molecular flexibility index (Phi) is 5.16. The van der Waals surface area contributed by atoms with Gasteiger partial charge in [-0.15, -0.1) is 0 Å². The Balaban J connectivity index is 1.55. The molecule has 1 aliphatic rings. The van der Waals surface area contributed by atoms with E-state index in [1.807, 2.05) is 0 Å². The number of benzene rings is 2. The zero-order chi connectivity index (χ0) is 22.3. The second kappa shape index (κ2) is 7.68. The Morgan fingerprint density at radius 3 is 2.06 bits per heavy atom. The molecule has 31 heavy (non-hydrogen) atoms. The molecule has 1 aliphatic heterocycles. The molecule has 2 heterocycles. The number of hydrogen-bond acceptors (Lipinski definition) is 3. The van der Waals surface area contributed by atoms with Crippen LogP contribution in [0.3, 0.4) is 0 Å². The number of fused-ring (bicyclic) bond motifs is 2. The summed E-state index contributed by atoms with van der Waals surface area (Å²) >= 11 is 0. The van der Waals surface area contributed by atoms with Crippen molar-refractivity contribution >= 4 is 22.7 Å². The molecule has 160 valence electrons. The molecular formula is C23H19F3N2O3. The van der Waals surface area contributed by atoms with Crippen molar-refractivity contribution in [2.45, 2.75) is 32.5 Å². The highest BCUT2D eigenvalue weighted by Gasteiger charge is 2.36. The van der Waals surface area contributed by atoms with E-state index in [1.165, 1.54) is 6.07 Å². The highest BCUT2D eigenvalue weighted by Crippen LogP contribution is 2.31. The van der Waals surface area contributed by atoms with Gasteiger partial charge in [0.05, 0.1) is 16.6 Å². The van der Waals surface area contributed by atoms with Crippen molar-refractivity contribution in [1.29, 1.82) is 0 Å². The highest BCUT2D eigenvalue weighted by atomic mass is 19.4. The van der Waals surface area contributed by atoms with Crippen LogP contribution in [-0.2, 0) is 12.7 Å². The standard InChI is InChI=1S/C23H19F3N2O3/c1-14-8-9-18-17(12-14)19(29)13-20(23(24,25)26)27(18)10-4-5-11-28-21(30)15-6-2-3-7-16(15)22(28)31/h2-3,6-9,12-13H,4-5,10-11H2,1H3. The van der Waals surface area contributed by atoms with Crippen LogP contribution in [0.1, 0.15) is 44.8 Å². The van der Waals surface area contributed by atoms with E-state index in [9.17, 15) is 27.6 Å². The van der Waals surface area contributed by atoms with Crippen LogP contribution in [0.5, 0.6) is 0 Å². The maximum atomic E-state index is 13.6. The molecule has 5 nitrogen and oxygen atoms in total. The van der Waals surface area contributed by atoms with Crippen LogP contribution in [0.4, 0.5) is 13.2 Å². The van der Waals surface area contributed by atoms with Gasteiger partial charge in [-0.05, 0) is 44.0 Å². The number of halogens is 3. The number of hydrogen-bond donors (Lipinski definition) is 0. The largest absolute Gasteiger partial charge is 0.431 e. The number of carbonyl (C=O) groups is 2. The third-order valence-corrected chi connectivity index (χ3v) is 5.45. The van der Waals surface area contributed by atoms with E-state index >= 15 is 0 Å². The van der Waals surface area contributed by atoms with Crippen LogP contribution in [0, 0.1) is 6.92 Å². The van der Waals surface area contributed by atoms with Crippen molar-refractivity contribution in [2.24, 2.45) is 0 Å². The van der Waals surface area contributed by atoms with Crippen LogP contribution in [0.25, 0.3) is 10.9 Å². The predicted molar refractivity (Wildman–Crippen MR) is 109 cm³/mol. The third-order valence-electron chi connectivity index (χ3n) is 5.45. The molecule has 0 radical (unpaired) electrons. The lowest BCUT2D eigenvalue weighted by Gasteiger charge is -2.19. The van der Waals surface area contributed by atoms with Gasteiger partial charge in [0.15, 0.2) is 5.43 Å². The summed E-state index contributed by atoms with van der Waals surface area (Å²) in [5.41, 5.74) is -0.00201. The number of rotatable bonds is 5. The minimum Gasteiger partial charge on any atom is -0.337 e. The van der Waals surface area contributed by atoms with Crippen LogP contribution in [-0.4, -0.2) is 27.8 Å². The van der Waals surface area contributed by atoms with E-state index in [0.29, 0.717) is 30.0 Å². The average Bonchev–Trinajstić information content (AvgIpc) is 2.96. The van der Waals surface area contributed by atoms with Crippen LogP contribution >= 0.6 is 0 Å². The number of imide groups is 1. The van der Waals surface area contributed by atoms with Gasteiger partial charge in [-0.3, -0.25) is 19.3 Å². The number of carbonyl (C=O) groups excluding carboxylic acids is 2. The molecule has 0 bridgehead atoms. The summed E-state index contributed by atoms with van der Waals surface area (Å²) in [6.07, 6.45) is -4.05. The van der Waals surface area contributed by atoms with E-state index in [-0.39, 0.29) is 35.8 Å². The van der Waals surface area contributed by atoms with Crippen molar-refractivity contribution < 1.29 is 22.8 Å². The van der Waals surface area contributed by atoms with Crippen LogP contribution in [0.15, 0.2) is 53.3 Å². The quantitative estimate of drug-likeness (QED) is 0.447. The SMILES string of the molecule is Cc1ccc2c(c1)c(=O)cc(C(F)(F)F)n2CCCCN1C(=O)c2ccccc2C1=O. The van der Waals surface area contributed by atoms with Crippen LogP contribution in [0.2, 0.25) is 0 Å². The molecule has 0 aliphatic carbocycles. The van der Waals surface area contributed by atoms with Gasteiger partial charge >= 0.3 is 6.18 Å². The Morgan fingerprint density at radius 2 is 1.45 bits per heavy atom. The number of aromatic nitrogens is 1. The number of aryl methyl sites for hydroxylation is 2. The van der Waals surface area contributed by atoms with Crippen molar-refractivity contribution in [3.63, 3.8) is 0 Å². The second-order valence-corrected chi connectivity index (χ2v) is 7.58. The topological polar surface area (TPSA) is 59.4 Å². The first-order chi connectivity index (χ1) is 14.7. The molecule has 0 fully saturated rings. The van der Waals surface area contributed by atoms with E-state index < -0.39 is 17.3 Å². The fraction of sp³-hybridized carbons (Fsp3) is 0.261. The minimum atomic E-state index is -4.68. The summed E-state index contributed by atoms with van der Waals surface area (Å²) in [5, 5.41) is 0.230. The first kappa shape index (κ1) is 20.8. The summed E-state index contributed by atoms with van der Waals surface area (Å²) in [5.74, 6) is -0.776. The summed E-state index contributed by atoms with van der Waals surface area (Å²) in [4.78, 5) is 38.2. The lowest BCUT2D eigenvalue weighted by atomic mass is 10.1. The second-order valence-electron chi connectivity index (χ2n) is 7.58. The van der Waals surface area contributed by atoms with Gasteiger partial charge in [0, 0.05) is 24.5 Å². The lowest BCUT2D eigenvalue weighted by molar-refractivity contribution is -0.143. The Morgan fingerprint density at radius 1 is 0.839 bits per heavy atom. The van der Waals surface area contributed by atoms with Gasteiger partial charge < -0.3 is 4.57 Å². The molecule has 0 unspecified atom stereocenters. The summed E-state index contributed by atoms with van der Waals surface area (Å²) < 4.78 is 41.9. The van der Waals surface area contributed by atoms with Gasteiger partial charge in [-0.25, -0.2) is 0 Å². The van der Waals surface area contributed by atoms with E-state index in [1.54, 1.807) is 43.3 Å². The van der Waals surface area contributed by atoms with Crippen LogP contribution < -0.4 is 5.43 Å². The molecular weight excluding hydrogens is 409 g/mol. The number of amides is 2. The minimum absolute atomic E-state index is 0.00213. The normalized spacial score (nSPS) is 13.9. The van der Waals surface area contributed by atoms with Gasteiger partial charge in [-0.1, -0.05) is 23.8 Å². The van der Waals surface area contributed by atoms with E-state index in [2.05, 4.69) is 0 Å². The molecule has 3 aromatic rings. The predicted octanol–water partition coefficient (Wildman–Crippen LogP) is 4.41. The Labute approximate surface area is 175 Å². The van der Waals surface area contributed by atoms with Crippen molar-refractivity contribution in [3.05, 3.63) is 81.1 Å². The fourth-order valence-electron chi connectivity index (χ4n) is 3.95. The molecule has 1 aromatic heterocycles. The Bertz CT molecular complexity index is 1230. The number of pyridine rings is 1. The van der Waals surface area contributed by atoms with Gasteiger partial charge in [0.2, 0.25) is 0 Å². The molecule has 8 heteroatoms. The van der Waals surface area contributed by atoms with Gasteiger partial charge in [-0.2, -0.15) is 13.2 Å². The first-order valence-electron chi connectivity index (χ1n) is 9.85. The monoisotopic (exact) mass is 428 g/mol. The molecule has 2 aromatic carbocycles. The Hall–Kier alpha value is -3.42. The zero-order valence-corrected chi connectivity index (χ0v) is 16.7. The zero-order valence-electron chi connectivity index (χ0n) is 16.7. The molecule has 0 saturated carbocycles. The third kappa shape index (κ3) is 3.73. The molecule has 2 amide bonds. The van der Waals surface area contributed by atoms with Gasteiger partial charge in [0.25, 0.3) is 11.8 Å². The summed E-state index contributed by atoms with van der Waals surface area (Å²) in [6.45, 7) is 1.88.